The van der Waals surface area contributed by atoms with Crippen LogP contribution in [0.3, 0.4) is 0 Å². The molecule has 0 N–H and O–H groups in total. The number of amides is 2. The van der Waals surface area contributed by atoms with Crippen LogP contribution < -0.4 is 0 Å². The second-order valence-electron chi connectivity index (χ2n) is 4.94. The van der Waals surface area contributed by atoms with Crippen molar-refractivity contribution in [3.63, 3.8) is 0 Å². The van der Waals surface area contributed by atoms with Gasteiger partial charge < -0.3 is 14.5 Å². The van der Waals surface area contributed by atoms with Gasteiger partial charge in [0.05, 0.1) is 0 Å². The van der Waals surface area contributed by atoms with Crippen LogP contribution in [-0.4, -0.2) is 55.7 Å². The van der Waals surface area contributed by atoms with Crippen molar-refractivity contribution in [2.75, 3.05) is 33.9 Å². The van der Waals surface area contributed by atoms with Gasteiger partial charge in [-0.2, -0.15) is 0 Å². The van der Waals surface area contributed by atoms with E-state index in [-0.39, 0.29) is 6.03 Å². The van der Waals surface area contributed by atoms with Crippen molar-refractivity contribution in [1.82, 2.24) is 9.80 Å². The highest BCUT2D eigenvalue weighted by Gasteiger charge is 2.24. The number of rotatable bonds is 4. The lowest BCUT2D eigenvalue weighted by Gasteiger charge is -2.31. The monoisotopic (exact) mass is 242 g/mol. The van der Waals surface area contributed by atoms with Gasteiger partial charge in [-0.05, 0) is 26.2 Å². The molecule has 4 heteroatoms. The molecule has 17 heavy (non-hydrogen) atoms. The highest BCUT2D eigenvalue weighted by Crippen LogP contribution is 2.17. The number of likely N-dealkylation sites (tertiary alicyclic amines) is 1. The standard InChI is InChI=1S/C13H26N2O2/c1-12-8-5-4-6-10-15(12)13(16)14(2)9-7-11-17-3/h12H,4-11H2,1-3H3. The number of hydrogen-bond acceptors (Lipinski definition) is 2. The van der Waals surface area contributed by atoms with Crippen LogP contribution in [0.1, 0.15) is 39.0 Å². The first-order valence-electron chi connectivity index (χ1n) is 6.67. The average Bonchev–Trinajstić information content (AvgIpc) is 2.53. The zero-order chi connectivity index (χ0) is 12.7. The fraction of sp³-hybridized carbons (Fsp3) is 0.923. The van der Waals surface area contributed by atoms with Gasteiger partial charge in [0.15, 0.2) is 0 Å². The van der Waals surface area contributed by atoms with E-state index < -0.39 is 0 Å². The Morgan fingerprint density at radius 3 is 2.88 bits per heavy atom. The minimum atomic E-state index is 0.176. The summed E-state index contributed by atoms with van der Waals surface area (Å²) in [7, 11) is 3.58. The Balaban J connectivity index is 2.42. The summed E-state index contributed by atoms with van der Waals surface area (Å²) in [4.78, 5) is 16.1. The van der Waals surface area contributed by atoms with E-state index >= 15 is 0 Å². The topological polar surface area (TPSA) is 32.8 Å². The highest BCUT2D eigenvalue weighted by atomic mass is 16.5. The van der Waals surface area contributed by atoms with Gasteiger partial charge >= 0.3 is 6.03 Å². The summed E-state index contributed by atoms with van der Waals surface area (Å²) in [5.74, 6) is 0. The number of carbonyl (C=O) groups is 1. The van der Waals surface area contributed by atoms with E-state index in [9.17, 15) is 4.79 Å². The highest BCUT2D eigenvalue weighted by molar-refractivity contribution is 5.74. The van der Waals surface area contributed by atoms with E-state index in [1.165, 1.54) is 12.8 Å². The summed E-state index contributed by atoms with van der Waals surface area (Å²) in [5.41, 5.74) is 0. The lowest BCUT2D eigenvalue weighted by molar-refractivity contribution is 0.138. The Bertz CT molecular complexity index is 233. The Morgan fingerprint density at radius 2 is 2.18 bits per heavy atom. The molecule has 1 aliphatic rings. The van der Waals surface area contributed by atoms with Crippen LogP contribution in [0.15, 0.2) is 0 Å². The normalized spacial score (nSPS) is 21.1. The molecule has 1 atom stereocenters. The predicted molar refractivity (Wildman–Crippen MR) is 69.2 cm³/mol. The van der Waals surface area contributed by atoms with Gasteiger partial charge in [-0.25, -0.2) is 4.79 Å². The van der Waals surface area contributed by atoms with Crippen LogP contribution >= 0.6 is 0 Å². The molecule has 1 fully saturated rings. The molecule has 100 valence electrons. The fourth-order valence-electron chi connectivity index (χ4n) is 2.32. The van der Waals surface area contributed by atoms with E-state index in [0.717, 1.165) is 32.4 Å². The molecule has 0 bridgehead atoms. The van der Waals surface area contributed by atoms with E-state index in [2.05, 4.69) is 6.92 Å². The maximum Gasteiger partial charge on any atom is 0.319 e. The molecule has 4 nitrogen and oxygen atoms in total. The molecular weight excluding hydrogens is 216 g/mol. The van der Waals surface area contributed by atoms with Crippen molar-refractivity contribution in [2.45, 2.75) is 45.1 Å². The Labute approximate surface area is 105 Å². The molecule has 0 aliphatic carbocycles. The minimum Gasteiger partial charge on any atom is -0.385 e. The summed E-state index contributed by atoms with van der Waals surface area (Å²) in [6.45, 7) is 4.56. The van der Waals surface area contributed by atoms with Gasteiger partial charge in [0.1, 0.15) is 0 Å². The average molecular weight is 242 g/mol. The lowest BCUT2D eigenvalue weighted by atomic mass is 10.1. The predicted octanol–water partition coefficient (Wildman–Crippen LogP) is 2.34. The number of ether oxygens (including phenoxy) is 1. The van der Waals surface area contributed by atoms with Crippen molar-refractivity contribution in [3.05, 3.63) is 0 Å². The van der Waals surface area contributed by atoms with Crippen molar-refractivity contribution in [3.8, 4) is 0 Å². The second-order valence-corrected chi connectivity index (χ2v) is 4.94. The van der Waals surface area contributed by atoms with Crippen molar-refractivity contribution < 1.29 is 9.53 Å². The summed E-state index contributed by atoms with van der Waals surface area (Å²) >= 11 is 0. The number of urea groups is 1. The third-order valence-electron chi connectivity index (χ3n) is 3.47. The molecule has 1 unspecified atom stereocenters. The number of carbonyl (C=O) groups excluding carboxylic acids is 1. The van der Waals surface area contributed by atoms with Gasteiger partial charge in [-0.3, -0.25) is 0 Å². The molecular formula is C13H26N2O2. The molecule has 1 saturated heterocycles. The van der Waals surface area contributed by atoms with Gasteiger partial charge in [0, 0.05) is 39.9 Å². The van der Waals surface area contributed by atoms with Crippen LogP contribution in [0.25, 0.3) is 0 Å². The molecule has 0 spiro atoms. The molecule has 0 aromatic heterocycles. The van der Waals surface area contributed by atoms with Crippen molar-refractivity contribution >= 4 is 6.03 Å². The summed E-state index contributed by atoms with van der Waals surface area (Å²) in [5, 5.41) is 0. The summed E-state index contributed by atoms with van der Waals surface area (Å²) in [6, 6.07) is 0.561. The summed E-state index contributed by atoms with van der Waals surface area (Å²) < 4.78 is 5.01. The van der Waals surface area contributed by atoms with E-state index in [1.807, 2.05) is 16.8 Å². The zero-order valence-corrected chi connectivity index (χ0v) is 11.4. The van der Waals surface area contributed by atoms with E-state index in [1.54, 1.807) is 7.11 Å². The third kappa shape index (κ3) is 4.54. The Kier molecular flexibility index (Phi) is 6.34. The van der Waals surface area contributed by atoms with E-state index in [0.29, 0.717) is 12.6 Å². The minimum absolute atomic E-state index is 0.176. The maximum absolute atomic E-state index is 12.3. The zero-order valence-electron chi connectivity index (χ0n) is 11.4. The smallest absolute Gasteiger partial charge is 0.319 e. The second kappa shape index (κ2) is 7.54. The first-order chi connectivity index (χ1) is 8.16. The Morgan fingerprint density at radius 1 is 1.41 bits per heavy atom. The number of hydrogen-bond donors (Lipinski definition) is 0. The first-order valence-corrected chi connectivity index (χ1v) is 6.67. The van der Waals surface area contributed by atoms with Crippen molar-refractivity contribution in [2.24, 2.45) is 0 Å². The molecule has 1 aliphatic heterocycles. The van der Waals surface area contributed by atoms with Crippen LogP contribution in [-0.2, 0) is 4.74 Å². The number of methoxy groups -OCH3 is 1. The quantitative estimate of drug-likeness (QED) is 0.709. The first kappa shape index (κ1) is 14.3. The van der Waals surface area contributed by atoms with E-state index in [4.69, 9.17) is 4.74 Å². The lowest BCUT2D eigenvalue weighted by Crippen LogP contribution is -2.46. The summed E-state index contributed by atoms with van der Waals surface area (Å²) in [6.07, 6.45) is 5.68. The fourth-order valence-corrected chi connectivity index (χ4v) is 2.32. The maximum atomic E-state index is 12.3. The van der Waals surface area contributed by atoms with Gasteiger partial charge in [-0.15, -0.1) is 0 Å². The molecule has 0 saturated carbocycles. The van der Waals surface area contributed by atoms with Crippen molar-refractivity contribution in [1.29, 1.82) is 0 Å². The van der Waals surface area contributed by atoms with Crippen LogP contribution in [0, 0.1) is 0 Å². The third-order valence-corrected chi connectivity index (χ3v) is 3.47. The Hall–Kier alpha value is -0.770. The largest absolute Gasteiger partial charge is 0.385 e. The molecule has 2 amide bonds. The van der Waals surface area contributed by atoms with Crippen LogP contribution in [0.5, 0.6) is 0 Å². The molecule has 1 heterocycles. The van der Waals surface area contributed by atoms with Crippen LogP contribution in [0.4, 0.5) is 4.79 Å². The molecule has 0 aromatic carbocycles. The van der Waals surface area contributed by atoms with Gasteiger partial charge in [-0.1, -0.05) is 12.8 Å². The molecule has 1 rings (SSSR count). The SMILES string of the molecule is COCCCN(C)C(=O)N1CCCCCC1C. The van der Waals surface area contributed by atoms with Gasteiger partial charge in [0.25, 0.3) is 0 Å². The van der Waals surface area contributed by atoms with Gasteiger partial charge in [0.2, 0.25) is 0 Å². The molecule has 0 radical (unpaired) electrons. The van der Waals surface area contributed by atoms with Crippen LogP contribution in [0.2, 0.25) is 0 Å². The number of nitrogens with zero attached hydrogens (tertiary/aromatic N) is 2. The molecule has 0 aromatic rings.